The lowest BCUT2D eigenvalue weighted by molar-refractivity contribution is 0.0855. The minimum absolute atomic E-state index is 0.587. The summed E-state index contributed by atoms with van der Waals surface area (Å²) in [4.78, 5) is 2.75. The van der Waals surface area contributed by atoms with E-state index in [2.05, 4.69) is 44.8 Å². The van der Waals surface area contributed by atoms with Crippen molar-refractivity contribution in [1.29, 1.82) is 0 Å². The van der Waals surface area contributed by atoms with Gasteiger partial charge in [-0.2, -0.15) is 0 Å². The molecule has 1 aliphatic heterocycles. The standard InChI is InChI=1S/C17H36N2/c1-6-7-17(8-10-18-11-9-17)14-19(12-15(2)3)13-16(4)5/h15-16,18H,6-14H2,1-5H3. The Balaban J connectivity index is 2.65. The molecule has 114 valence electrons. The first kappa shape index (κ1) is 17.0. The van der Waals surface area contributed by atoms with Crippen molar-refractivity contribution >= 4 is 0 Å². The molecule has 1 saturated heterocycles. The second-order valence-electron chi connectivity index (χ2n) is 7.48. The van der Waals surface area contributed by atoms with E-state index in [1.807, 2.05) is 0 Å². The van der Waals surface area contributed by atoms with E-state index in [4.69, 9.17) is 0 Å². The van der Waals surface area contributed by atoms with E-state index in [0.717, 1.165) is 11.8 Å². The number of nitrogens with zero attached hydrogens (tertiary/aromatic N) is 1. The minimum atomic E-state index is 0.587. The van der Waals surface area contributed by atoms with Crippen molar-refractivity contribution in [2.24, 2.45) is 17.3 Å². The summed E-state index contributed by atoms with van der Waals surface area (Å²) in [7, 11) is 0. The van der Waals surface area contributed by atoms with Gasteiger partial charge in [-0.25, -0.2) is 0 Å². The van der Waals surface area contributed by atoms with Crippen molar-refractivity contribution in [3.8, 4) is 0 Å². The van der Waals surface area contributed by atoms with Crippen LogP contribution in [0.15, 0.2) is 0 Å². The van der Waals surface area contributed by atoms with Crippen molar-refractivity contribution in [3.63, 3.8) is 0 Å². The fraction of sp³-hybridized carbons (Fsp3) is 1.00. The number of nitrogens with one attached hydrogen (secondary N) is 1. The van der Waals surface area contributed by atoms with Crippen LogP contribution < -0.4 is 5.32 Å². The van der Waals surface area contributed by atoms with Crippen LogP contribution in [0.2, 0.25) is 0 Å². The van der Waals surface area contributed by atoms with Crippen LogP contribution >= 0.6 is 0 Å². The van der Waals surface area contributed by atoms with Crippen LogP contribution in [0, 0.1) is 17.3 Å². The van der Waals surface area contributed by atoms with Crippen LogP contribution in [0.4, 0.5) is 0 Å². The normalized spacial score (nSPS) is 19.6. The van der Waals surface area contributed by atoms with Crippen molar-refractivity contribution in [2.75, 3.05) is 32.7 Å². The number of hydrogen-bond acceptors (Lipinski definition) is 2. The predicted octanol–water partition coefficient (Wildman–Crippen LogP) is 3.77. The molecule has 0 unspecified atom stereocenters. The lowest BCUT2D eigenvalue weighted by atomic mass is 9.74. The Hall–Kier alpha value is -0.0800. The van der Waals surface area contributed by atoms with E-state index < -0.39 is 0 Å². The SMILES string of the molecule is CCCC1(CN(CC(C)C)CC(C)C)CCNCC1. The Labute approximate surface area is 121 Å². The van der Waals surface area contributed by atoms with Gasteiger partial charge in [0.05, 0.1) is 0 Å². The van der Waals surface area contributed by atoms with Crippen molar-refractivity contribution in [3.05, 3.63) is 0 Å². The van der Waals surface area contributed by atoms with Crippen LogP contribution in [0.25, 0.3) is 0 Å². The highest BCUT2D eigenvalue weighted by atomic mass is 15.1. The third-order valence-corrected chi connectivity index (χ3v) is 4.25. The molecule has 1 rings (SSSR count). The van der Waals surface area contributed by atoms with Crippen LogP contribution in [0.3, 0.4) is 0 Å². The molecule has 0 atom stereocenters. The summed E-state index contributed by atoms with van der Waals surface area (Å²) in [6.07, 6.45) is 5.47. The molecular formula is C17H36N2. The molecule has 0 aliphatic carbocycles. The van der Waals surface area contributed by atoms with Gasteiger partial charge >= 0.3 is 0 Å². The van der Waals surface area contributed by atoms with E-state index >= 15 is 0 Å². The van der Waals surface area contributed by atoms with E-state index in [9.17, 15) is 0 Å². The molecule has 1 N–H and O–H groups in total. The molecular weight excluding hydrogens is 232 g/mol. The third kappa shape index (κ3) is 6.27. The summed E-state index contributed by atoms with van der Waals surface area (Å²) in [5, 5.41) is 3.53. The molecule has 1 aliphatic rings. The largest absolute Gasteiger partial charge is 0.317 e. The smallest absolute Gasteiger partial charge is 0.00391 e. The van der Waals surface area contributed by atoms with Gasteiger partial charge in [-0.05, 0) is 49.6 Å². The Morgan fingerprint density at radius 3 is 1.95 bits per heavy atom. The highest BCUT2D eigenvalue weighted by molar-refractivity contribution is 4.87. The summed E-state index contributed by atoms with van der Waals surface area (Å²) in [6, 6.07) is 0. The summed E-state index contributed by atoms with van der Waals surface area (Å²) in [6.45, 7) is 18.0. The maximum Gasteiger partial charge on any atom is 0.00391 e. The molecule has 0 amide bonds. The number of piperidine rings is 1. The fourth-order valence-electron chi connectivity index (χ4n) is 3.69. The maximum absolute atomic E-state index is 3.53. The van der Waals surface area contributed by atoms with Gasteiger partial charge in [0.25, 0.3) is 0 Å². The van der Waals surface area contributed by atoms with Crippen molar-refractivity contribution in [2.45, 2.75) is 60.3 Å². The first-order valence-electron chi connectivity index (χ1n) is 8.40. The zero-order valence-corrected chi connectivity index (χ0v) is 14.0. The van der Waals surface area contributed by atoms with Gasteiger partial charge in [-0.1, -0.05) is 41.0 Å². The summed E-state index contributed by atoms with van der Waals surface area (Å²) >= 11 is 0. The highest BCUT2D eigenvalue weighted by Gasteiger charge is 2.33. The number of rotatable bonds is 8. The van der Waals surface area contributed by atoms with Gasteiger partial charge in [-0.3, -0.25) is 0 Å². The molecule has 0 aromatic heterocycles. The van der Waals surface area contributed by atoms with Crippen molar-refractivity contribution < 1.29 is 0 Å². The van der Waals surface area contributed by atoms with Crippen LogP contribution in [0.1, 0.15) is 60.3 Å². The fourth-order valence-corrected chi connectivity index (χ4v) is 3.69. The molecule has 0 spiro atoms. The molecule has 0 radical (unpaired) electrons. The molecule has 19 heavy (non-hydrogen) atoms. The lowest BCUT2D eigenvalue weighted by Crippen LogP contribution is -2.46. The second-order valence-corrected chi connectivity index (χ2v) is 7.48. The van der Waals surface area contributed by atoms with Gasteiger partial charge in [-0.15, -0.1) is 0 Å². The Morgan fingerprint density at radius 1 is 1.00 bits per heavy atom. The molecule has 0 bridgehead atoms. The average molecular weight is 268 g/mol. The number of hydrogen-bond donors (Lipinski definition) is 1. The zero-order valence-electron chi connectivity index (χ0n) is 14.0. The monoisotopic (exact) mass is 268 g/mol. The van der Waals surface area contributed by atoms with Gasteiger partial charge in [0.15, 0.2) is 0 Å². The van der Waals surface area contributed by atoms with Crippen LogP contribution in [-0.2, 0) is 0 Å². The lowest BCUT2D eigenvalue weighted by Gasteiger charge is -2.42. The molecule has 0 aromatic rings. The summed E-state index contributed by atoms with van der Waals surface area (Å²) in [5.41, 5.74) is 0.587. The summed E-state index contributed by atoms with van der Waals surface area (Å²) in [5.74, 6) is 1.55. The highest BCUT2D eigenvalue weighted by Crippen LogP contribution is 2.35. The van der Waals surface area contributed by atoms with E-state index in [1.165, 1.54) is 58.4 Å². The first-order valence-corrected chi connectivity index (χ1v) is 8.40. The molecule has 1 fully saturated rings. The minimum Gasteiger partial charge on any atom is -0.317 e. The Bertz CT molecular complexity index is 214. The zero-order chi connectivity index (χ0) is 14.3. The van der Waals surface area contributed by atoms with Crippen LogP contribution in [0.5, 0.6) is 0 Å². The van der Waals surface area contributed by atoms with E-state index in [0.29, 0.717) is 5.41 Å². The Morgan fingerprint density at radius 2 is 1.53 bits per heavy atom. The Kier molecular flexibility index (Phi) is 7.38. The van der Waals surface area contributed by atoms with Crippen molar-refractivity contribution in [1.82, 2.24) is 10.2 Å². The van der Waals surface area contributed by atoms with E-state index in [-0.39, 0.29) is 0 Å². The maximum atomic E-state index is 3.53. The van der Waals surface area contributed by atoms with Gasteiger partial charge in [0.2, 0.25) is 0 Å². The topological polar surface area (TPSA) is 15.3 Å². The van der Waals surface area contributed by atoms with Gasteiger partial charge in [0.1, 0.15) is 0 Å². The quantitative estimate of drug-likeness (QED) is 0.721. The van der Waals surface area contributed by atoms with Gasteiger partial charge < -0.3 is 10.2 Å². The molecule has 2 nitrogen and oxygen atoms in total. The van der Waals surface area contributed by atoms with Gasteiger partial charge in [0, 0.05) is 19.6 Å². The third-order valence-electron chi connectivity index (χ3n) is 4.25. The average Bonchev–Trinajstić information content (AvgIpc) is 2.28. The van der Waals surface area contributed by atoms with Crippen LogP contribution in [-0.4, -0.2) is 37.6 Å². The van der Waals surface area contributed by atoms with E-state index in [1.54, 1.807) is 0 Å². The molecule has 2 heteroatoms. The second kappa shape index (κ2) is 8.26. The molecule has 0 aromatic carbocycles. The molecule has 1 heterocycles. The first-order chi connectivity index (χ1) is 8.97. The molecule has 0 saturated carbocycles. The predicted molar refractivity (Wildman–Crippen MR) is 85.6 cm³/mol. The summed E-state index contributed by atoms with van der Waals surface area (Å²) < 4.78 is 0.